The Morgan fingerprint density at radius 3 is 1.15 bits per heavy atom. The molecule has 1 aliphatic rings. The Morgan fingerprint density at radius 2 is 0.795 bits per heavy atom. The number of hydrogen-bond donors (Lipinski definition) is 0. The third-order valence-corrected chi connectivity index (χ3v) is 8.31. The van der Waals surface area contributed by atoms with Crippen LogP contribution < -0.4 is 0 Å². The van der Waals surface area contributed by atoms with Crippen LogP contribution in [-0.4, -0.2) is 31.6 Å². The summed E-state index contributed by atoms with van der Waals surface area (Å²) in [6.07, 6.45) is 37.0. The number of hydrogen-bond acceptors (Lipinski definition) is 4. The van der Waals surface area contributed by atoms with Crippen LogP contribution >= 0.6 is 0 Å². The average Bonchev–Trinajstić information content (AvgIpc) is 2.95. The lowest BCUT2D eigenvalue weighted by Gasteiger charge is -2.36. The van der Waals surface area contributed by atoms with Gasteiger partial charge in [0.15, 0.2) is 5.78 Å². The van der Waals surface area contributed by atoms with E-state index in [-0.39, 0.29) is 19.0 Å². The Hall–Kier alpha value is -0.450. The minimum Gasteiger partial charge on any atom is -0.327 e. The van der Waals surface area contributed by atoms with Gasteiger partial charge in [0, 0.05) is 6.42 Å². The molecule has 232 valence electrons. The van der Waals surface area contributed by atoms with E-state index in [1.54, 1.807) is 0 Å². The maximum atomic E-state index is 11.6. The lowest BCUT2D eigenvalue weighted by Crippen LogP contribution is -2.47. The summed E-state index contributed by atoms with van der Waals surface area (Å²) in [5, 5.41) is 0. The second-order valence-electron chi connectivity index (χ2n) is 12.2. The molecule has 0 aromatic heterocycles. The molecular weight excluding hydrogens is 484 g/mol. The normalized spacial score (nSPS) is 15.3. The van der Waals surface area contributed by atoms with Gasteiger partial charge in [-0.1, -0.05) is 174 Å². The van der Waals surface area contributed by atoms with Crippen molar-refractivity contribution < 1.29 is 19.0 Å². The van der Waals surface area contributed by atoms with E-state index in [0.29, 0.717) is 6.61 Å². The predicted octanol–water partition coefficient (Wildman–Crippen LogP) is 11.2. The first-order valence-corrected chi connectivity index (χ1v) is 17.7. The molecule has 0 amide bonds. The van der Waals surface area contributed by atoms with Crippen molar-refractivity contribution in [3.8, 4) is 0 Å². The Bertz CT molecular complexity index is 511. The van der Waals surface area contributed by atoms with E-state index in [2.05, 4.69) is 13.8 Å². The number of carbonyl (C=O) groups excluding carboxylic acids is 1. The van der Waals surface area contributed by atoms with Crippen molar-refractivity contribution in [3.63, 3.8) is 0 Å². The van der Waals surface area contributed by atoms with E-state index in [9.17, 15) is 4.79 Å². The van der Waals surface area contributed by atoms with E-state index in [1.807, 2.05) is 0 Å². The molecule has 1 aliphatic heterocycles. The molecule has 0 aromatic rings. The van der Waals surface area contributed by atoms with E-state index >= 15 is 0 Å². The fraction of sp³-hybridized carbons (Fsp3) is 0.971. The molecule has 1 heterocycles. The molecular formula is C35H68O4. The summed E-state index contributed by atoms with van der Waals surface area (Å²) in [6, 6.07) is 0. The van der Waals surface area contributed by atoms with Crippen molar-refractivity contribution in [2.45, 2.75) is 200 Å². The molecule has 4 nitrogen and oxygen atoms in total. The minimum absolute atomic E-state index is 0.00979. The van der Waals surface area contributed by atoms with Gasteiger partial charge in [-0.15, -0.1) is 0 Å². The maximum Gasteiger partial charge on any atom is 0.283 e. The van der Waals surface area contributed by atoms with Gasteiger partial charge in [0.1, 0.15) is 13.2 Å². The molecule has 1 saturated heterocycles. The minimum atomic E-state index is -0.983. The van der Waals surface area contributed by atoms with Crippen LogP contribution in [0, 0.1) is 0 Å². The number of ether oxygens (including phenoxy) is 3. The lowest BCUT2D eigenvalue weighted by molar-refractivity contribution is -0.389. The Kier molecular flexibility index (Phi) is 26.0. The number of carbonyl (C=O) groups is 1. The quantitative estimate of drug-likeness (QED) is 0.0831. The van der Waals surface area contributed by atoms with Gasteiger partial charge in [-0.05, 0) is 12.8 Å². The summed E-state index contributed by atoms with van der Waals surface area (Å²) in [5.41, 5.74) is 0. The van der Waals surface area contributed by atoms with Crippen LogP contribution in [0.2, 0.25) is 0 Å². The van der Waals surface area contributed by atoms with Crippen molar-refractivity contribution in [1.82, 2.24) is 0 Å². The van der Waals surface area contributed by atoms with Gasteiger partial charge in [-0.2, -0.15) is 0 Å². The van der Waals surface area contributed by atoms with Gasteiger partial charge in [-0.25, -0.2) is 0 Å². The molecule has 0 radical (unpaired) electrons. The van der Waals surface area contributed by atoms with E-state index < -0.39 is 5.97 Å². The second-order valence-corrected chi connectivity index (χ2v) is 12.2. The van der Waals surface area contributed by atoms with Gasteiger partial charge in [0.2, 0.25) is 0 Å². The van der Waals surface area contributed by atoms with Crippen LogP contribution in [0.25, 0.3) is 0 Å². The monoisotopic (exact) mass is 553 g/mol. The Labute approximate surface area is 244 Å². The highest BCUT2D eigenvalue weighted by atomic mass is 16.9. The smallest absolute Gasteiger partial charge is 0.283 e. The van der Waals surface area contributed by atoms with Crippen molar-refractivity contribution in [2.24, 2.45) is 0 Å². The van der Waals surface area contributed by atoms with Crippen LogP contribution in [-0.2, 0) is 19.0 Å². The molecule has 39 heavy (non-hydrogen) atoms. The molecule has 0 saturated carbocycles. The highest BCUT2D eigenvalue weighted by Crippen LogP contribution is 2.27. The molecule has 0 aliphatic carbocycles. The van der Waals surface area contributed by atoms with Crippen LogP contribution in [0.4, 0.5) is 0 Å². The third-order valence-electron chi connectivity index (χ3n) is 8.31. The Balaban J connectivity index is 1.97. The van der Waals surface area contributed by atoms with Crippen LogP contribution in [0.1, 0.15) is 194 Å². The third kappa shape index (κ3) is 22.9. The lowest BCUT2D eigenvalue weighted by atomic mass is 10.0. The molecule has 1 rings (SSSR count). The van der Waals surface area contributed by atoms with Gasteiger partial charge in [-0.3, -0.25) is 4.79 Å². The molecule has 0 aromatic carbocycles. The highest BCUT2D eigenvalue weighted by molar-refractivity contribution is 5.81. The number of ketones is 1. The molecule has 0 unspecified atom stereocenters. The average molecular weight is 553 g/mol. The molecule has 1 fully saturated rings. The van der Waals surface area contributed by atoms with E-state index in [0.717, 1.165) is 19.3 Å². The zero-order chi connectivity index (χ0) is 28.1. The van der Waals surface area contributed by atoms with Gasteiger partial charge in [0.25, 0.3) is 5.97 Å². The first kappa shape index (κ1) is 36.6. The van der Waals surface area contributed by atoms with Crippen molar-refractivity contribution in [1.29, 1.82) is 0 Å². The van der Waals surface area contributed by atoms with Crippen LogP contribution in [0.3, 0.4) is 0 Å². The first-order chi connectivity index (χ1) is 19.2. The number of rotatable bonds is 30. The second kappa shape index (κ2) is 27.7. The van der Waals surface area contributed by atoms with Crippen molar-refractivity contribution in [3.05, 3.63) is 0 Å². The summed E-state index contributed by atoms with van der Waals surface area (Å²) in [5.74, 6) is -0.974. The van der Waals surface area contributed by atoms with Gasteiger partial charge >= 0.3 is 0 Å². The summed E-state index contributed by atoms with van der Waals surface area (Å²) in [6.45, 7) is 5.47. The SMILES string of the molecule is CCCCCCCCCCCCCCCCCCOC1(CCCCCCCCCCCCC)OCC(=O)CO1. The fourth-order valence-corrected chi connectivity index (χ4v) is 5.65. The zero-order valence-corrected chi connectivity index (χ0v) is 26.6. The zero-order valence-electron chi connectivity index (χ0n) is 26.6. The van der Waals surface area contributed by atoms with E-state index in [1.165, 1.54) is 161 Å². The van der Waals surface area contributed by atoms with E-state index in [4.69, 9.17) is 14.2 Å². The van der Waals surface area contributed by atoms with Crippen molar-refractivity contribution in [2.75, 3.05) is 19.8 Å². The number of Topliss-reactive ketones (excluding diaryl/α,β-unsaturated/α-hetero) is 1. The fourth-order valence-electron chi connectivity index (χ4n) is 5.65. The maximum absolute atomic E-state index is 11.6. The summed E-state index contributed by atoms with van der Waals surface area (Å²) >= 11 is 0. The molecule has 0 atom stereocenters. The summed E-state index contributed by atoms with van der Waals surface area (Å²) in [4.78, 5) is 11.6. The Morgan fingerprint density at radius 1 is 0.487 bits per heavy atom. The molecule has 0 bridgehead atoms. The predicted molar refractivity (Wildman–Crippen MR) is 166 cm³/mol. The largest absolute Gasteiger partial charge is 0.327 e. The topological polar surface area (TPSA) is 44.8 Å². The van der Waals surface area contributed by atoms with Crippen LogP contribution in [0.15, 0.2) is 0 Å². The van der Waals surface area contributed by atoms with Gasteiger partial charge in [0.05, 0.1) is 6.61 Å². The molecule has 4 heteroatoms. The molecule has 0 N–H and O–H groups in total. The summed E-state index contributed by atoms with van der Waals surface area (Å²) in [7, 11) is 0. The highest BCUT2D eigenvalue weighted by Gasteiger charge is 2.37. The van der Waals surface area contributed by atoms with Crippen molar-refractivity contribution >= 4 is 5.78 Å². The first-order valence-electron chi connectivity index (χ1n) is 17.7. The number of unbranched alkanes of at least 4 members (excludes halogenated alkanes) is 25. The van der Waals surface area contributed by atoms with Crippen LogP contribution in [0.5, 0.6) is 0 Å². The standard InChI is InChI=1S/C35H68O4/c1-3-5-7-9-11-13-15-16-17-18-19-21-23-25-27-29-31-37-35(38-32-34(36)33-39-35)30-28-26-24-22-20-14-12-10-8-6-4-2/h3-33H2,1-2H3. The molecule has 0 spiro atoms. The summed E-state index contributed by atoms with van der Waals surface area (Å²) < 4.78 is 17.7. The van der Waals surface area contributed by atoms with Gasteiger partial charge < -0.3 is 14.2 Å².